The Balaban J connectivity index is 2.12. The van der Waals surface area contributed by atoms with Crippen LogP contribution in [-0.4, -0.2) is 13.1 Å². The number of rotatable bonds is 4. The summed E-state index contributed by atoms with van der Waals surface area (Å²) in [6.45, 7) is 0. The number of esters is 1. The van der Waals surface area contributed by atoms with Crippen LogP contribution in [0, 0.1) is 0 Å². The van der Waals surface area contributed by atoms with Crippen molar-refractivity contribution >= 4 is 31.3 Å². The zero-order valence-electron chi connectivity index (χ0n) is 10.5. The lowest BCUT2D eigenvalue weighted by atomic mass is 10.0. The first-order valence-corrected chi connectivity index (χ1v) is 6.62. The molecule has 2 aromatic carbocycles. The third-order valence-electron chi connectivity index (χ3n) is 3.03. The number of ether oxygens (including phenoxy) is 1. The quantitative estimate of drug-likeness (QED) is 0.624. The summed E-state index contributed by atoms with van der Waals surface area (Å²) in [4.78, 5) is 11.1. The van der Waals surface area contributed by atoms with Crippen LogP contribution in [-0.2, 0) is 16.0 Å². The van der Waals surface area contributed by atoms with Crippen LogP contribution in [0.5, 0.6) is 0 Å². The van der Waals surface area contributed by atoms with E-state index in [9.17, 15) is 4.79 Å². The number of methoxy groups -OCH3 is 1. The molecule has 1 unspecified atom stereocenters. The summed E-state index contributed by atoms with van der Waals surface area (Å²) in [5.74, 6) is -0.137. The lowest BCUT2D eigenvalue weighted by Gasteiger charge is -2.07. The van der Waals surface area contributed by atoms with Gasteiger partial charge in [0.2, 0.25) is 0 Å². The van der Waals surface area contributed by atoms with Crippen molar-refractivity contribution in [1.29, 1.82) is 0 Å². The van der Waals surface area contributed by atoms with Gasteiger partial charge in [0.25, 0.3) is 0 Å². The van der Waals surface area contributed by atoms with Gasteiger partial charge in [-0.15, -0.1) is 9.24 Å². The summed E-state index contributed by atoms with van der Waals surface area (Å²) in [5, 5.41) is 3.72. The Morgan fingerprint density at radius 2 is 2.06 bits per heavy atom. The summed E-state index contributed by atoms with van der Waals surface area (Å²) in [7, 11) is 4.21. The fourth-order valence-electron chi connectivity index (χ4n) is 2.09. The molecule has 0 aromatic heterocycles. The number of hydrogen-bond donors (Lipinski definition) is 0. The summed E-state index contributed by atoms with van der Waals surface area (Å²) in [6.07, 6.45) is 2.21. The van der Waals surface area contributed by atoms with E-state index in [1.165, 1.54) is 28.8 Å². The lowest BCUT2D eigenvalue weighted by molar-refractivity contribution is -0.140. The van der Waals surface area contributed by atoms with Gasteiger partial charge in [-0.05, 0) is 34.5 Å². The monoisotopic (exact) mass is 260 g/mol. The number of carbonyl (C=O) groups is 1. The van der Waals surface area contributed by atoms with E-state index in [4.69, 9.17) is 0 Å². The molecule has 2 nitrogen and oxygen atoms in total. The SMILES string of the molecule is COC(=O)CCCc1cc(P)c2ccccc2c1. The minimum atomic E-state index is -0.137. The van der Waals surface area contributed by atoms with Crippen LogP contribution in [0.15, 0.2) is 36.4 Å². The molecule has 0 aliphatic rings. The molecule has 94 valence electrons. The molecule has 0 bridgehead atoms. The number of benzene rings is 2. The van der Waals surface area contributed by atoms with Gasteiger partial charge in [-0.2, -0.15) is 0 Å². The van der Waals surface area contributed by atoms with E-state index < -0.39 is 0 Å². The smallest absolute Gasteiger partial charge is 0.305 e. The van der Waals surface area contributed by atoms with E-state index in [1.54, 1.807) is 0 Å². The van der Waals surface area contributed by atoms with E-state index in [1.807, 2.05) is 12.1 Å². The summed E-state index contributed by atoms with van der Waals surface area (Å²) >= 11 is 0. The maximum atomic E-state index is 11.1. The molecular formula is C15H17O2P. The highest BCUT2D eigenvalue weighted by atomic mass is 31.0. The standard InChI is InChI=1S/C15H17O2P/c1-17-15(16)8-4-5-11-9-12-6-2-3-7-13(12)14(18)10-11/h2-3,6-7,9-10H,4-5,8,18H2,1H3. The van der Waals surface area contributed by atoms with Crippen LogP contribution in [0.1, 0.15) is 18.4 Å². The Morgan fingerprint density at radius 1 is 1.28 bits per heavy atom. The van der Waals surface area contributed by atoms with E-state index >= 15 is 0 Å². The highest BCUT2D eigenvalue weighted by Crippen LogP contribution is 2.17. The zero-order chi connectivity index (χ0) is 13.0. The molecule has 0 heterocycles. The summed E-state index contributed by atoms with van der Waals surface area (Å²) < 4.78 is 4.64. The Labute approximate surface area is 110 Å². The molecule has 3 heteroatoms. The molecule has 2 aromatic rings. The minimum absolute atomic E-state index is 0.137. The molecule has 0 radical (unpaired) electrons. The first kappa shape index (κ1) is 13.0. The van der Waals surface area contributed by atoms with Gasteiger partial charge in [0.1, 0.15) is 0 Å². The van der Waals surface area contributed by atoms with Crippen LogP contribution in [0.25, 0.3) is 10.8 Å². The van der Waals surface area contributed by atoms with Crippen LogP contribution in [0.3, 0.4) is 0 Å². The van der Waals surface area contributed by atoms with Gasteiger partial charge in [0, 0.05) is 6.42 Å². The van der Waals surface area contributed by atoms with E-state index in [0.29, 0.717) is 6.42 Å². The Hall–Kier alpha value is -1.40. The minimum Gasteiger partial charge on any atom is -0.469 e. The van der Waals surface area contributed by atoms with Gasteiger partial charge in [0.05, 0.1) is 7.11 Å². The Kier molecular flexibility index (Phi) is 4.33. The first-order chi connectivity index (χ1) is 8.70. The second-order valence-electron chi connectivity index (χ2n) is 4.34. The van der Waals surface area contributed by atoms with Gasteiger partial charge in [-0.1, -0.05) is 36.4 Å². The van der Waals surface area contributed by atoms with Crippen molar-refractivity contribution in [2.75, 3.05) is 7.11 Å². The lowest BCUT2D eigenvalue weighted by Crippen LogP contribution is -2.02. The van der Waals surface area contributed by atoms with Crippen LogP contribution >= 0.6 is 9.24 Å². The van der Waals surface area contributed by atoms with Crippen LogP contribution in [0.2, 0.25) is 0 Å². The van der Waals surface area contributed by atoms with Crippen molar-refractivity contribution in [2.24, 2.45) is 0 Å². The largest absolute Gasteiger partial charge is 0.469 e. The Morgan fingerprint density at radius 3 is 2.83 bits per heavy atom. The van der Waals surface area contributed by atoms with Crippen molar-refractivity contribution in [3.63, 3.8) is 0 Å². The Bertz CT molecular complexity index is 563. The van der Waals surface area contributed by atoms with Crippen molar-refractivity contribution < 1.29 is 9.53 Å². The second kappa shape index (κ2) is 5.97. The van der Waals surface area contributed by atoms with Gasteiger partial charge in [-0.25, -0.2) is 0 Å². The van der Waals surface area contributed by atoms with Crippen molar-refractivity contribution in [2.45, 2.75) is 19.3 Å². The molecule has 0 spiro atoms. The molecule has 0 fully saturated rings. The summed E-state index contributed by atoms with van der Waals surface area (Å²) in [6, 6.07) is 12.7. The van der Waals surface area contributed by atoms with Crippen LogP contribution in [0.4, 0.5) is 0 Å². The molecule has 0 saturated heterocycles. The normalized spacial score (nSPS) is 10.6. The van der Waals surface area contributed by atoms with Gasteiger partial charge in [-0.3, -0.25) is 4.79 Å². The highest BCUT2D eigenvalue weighted by Gasteiger charge is 2.03. The number of fused-ring (bicyclic) bond motifs is 1. The number of hydrogen-bond acceptors (Lipinski definition) is 2. The predicted molar refractivity (Wildman–Crippen MR) is 78.2 cm³/mol. The van der Waals surface area contributed by atoms with Crippen molar-refractivity contribution in [1.82, 2.24) is 0 Å². The van der Waals surface area contributed by atoms with E-state index in [2.05, 4.69) is 38.2 Å². The maximum absolute atomic E-state index is 11.1. The molecule has 0 N–H and O–H groups in total. The average molecular weight is 260 g/mol. The predicted octanol–water partition coefficient (Wildman–Crippen LogP) is 2.84. The molecule has 0 aliphatic carbocycles. The summed E-state index contributed by atoms with van der Waals surface area (Å²) in [5.41, 5.74) is 1.27. The topological polar surface area (TPSA) is 26.3 Å². The maximum Gasteiger partial charge on any atom is 0.305 e. The third-order valence-corrected chi connectivity index (χ3v) is 3.51. The molecule has 0 saturated carbocycles. The third kappa shape index (κ3) is 3.08. The average Bonchev–Trinajstić information content (AvgIpc) is 2.38. The molecule has 0 aliphatic heterocycles. The molecule has 1 atom stereocenters. The van der Waals surface area contributed by atoms with Gasteiger partial charge >= 0.3 is 5.97 Å². The molecular weight excluding hydrogens is 243 g/mol. The zero-order valence-corrected chi connectivity index (χ0v) is 11.6. The number of aryl methyl sites for hydroxylation is 1. The fraction of sp³-hybridized carbons (Fsp3) is 0.267. The molecule has 2 rings (SSSR count). The number of carbonyl (C=O) groups excluding carboxylic acids is 1. The fourth-order valence-corrected chi connectivity index (χ4v) is 2.56. The van der Waals surface area contributed by atoms with E-state index in [-0.39, 0.29) is 5.97 Å². The first-order valence-electron chi connectivity index (χ1n) is 6.04. The van der Waals surface area contributed by atoms with E-state index in [0.717, 1.165) is 12.8 Å². The highest BCUT2D eigenvalue weighted by molar-refractivity contribution is 7.28. The van der Waals surface area contributed by atoms with Crippen LogP contribution < -0.4 is 5.30 Å². The van der Waals surface area contributed by atoms with Crippen molar-refractivity contribution in [3.8, 4) is 0 Å². The molecule has 18 heavy (non-hydrogen) atoms. The second-order valence-corrected chi connectivity index (χ2v) is 4.96. The van der Waals surface area contributed by atoms with Gasteiger partial charge < -0.3 is 4.74 Å². The molecule has 0 amide bonds. The van der Waals surface area contributed by atoms with Crippen molar-refractivity contribution in [3.05, 3.63) is 42.0 Å². The van der Waals surface area contributed by atoms with Gasteiger partial charge in [0.15, 0.2) is 0 Å².